The lowest BCUT2D eigenvalue weighted by Crippen LogP contribution is -2.17. The smallest absolute Gasteiger partial charge is 0.404 e. The van der Waals surface area contributed by atoms with Crippen molar-refractivity contribution >= 4 is 62.7 Å². The van der Waals surface area contributed by atoms with E-state index < -0.39 is 16.3 Å². The van der Waals surface area contributed by atoms with Gasteiger partial charge in [-0.05, 0) is 25.7 Å². The molecule has 1 aliphatic carbocycles. The zero-order valence-electron chi connectivity index (χ0n) is 10.3. The summed E-state index contributed by atoms with van der Waals surface area (Å²) in [6, 6.07) is -0.178. The van der Waals surface area contributed by atoms with Crippen LogP contribution in [0.15, 0.2) is 0 Å². The zero-order valence-corrected chi connectivity index (χ0v) is 13.3. The molecule has 0 amide bonds. The Hall–Kier alpha value is -0.430. The lowest BCUT2D eigenvalue weighted by molar-refractivity contribution is 0.0954. The summed E-state index contributed by atoms with van der Waals surface area (Å²) in [5.41, 5.74) is -2.89. The monoisotopic (exact) mass is 370 g/mol. The first-order chi connectivity index (χ1) is 9.29. The first-order valence-corrected chi connectivity index (χ1v) is 7.09. The standard InChI is InChI=1S/C7H11ClO2.C2H2Cl2O2.CHClO2/c8-7(9)10-6-4-2-1-3-5-6;3-1-6-2(4)5;2-1(3)4/h6H,1-5H2;1H2;(H,3,4). The molecule has 0 bridgehead atoms. The number of hydrogen-bond acceptors (Lipinski definition) is 5. The van der Waals surface area contributed by atoms with E-state index in [-0.39, 0.29) is 12.2 Å². The van der Waals surface area contributed by atoms with Gasteiger partial charge in [-0.15, -0.1) is 0 Å². The predicted octanol–water partition coefficient (Wildman–Crippen LogP) is 5.16. The van der Waals surface area contributed by atoms with E-state index in [1.165, 1.54) is 6.42 Å². The Morgan fingerprint density at radius 2 is 1.45 bits per heavy atom. The van der Waals surface area contributed by atoms with Crippen LogP contribution >= 0.6 is 46.4 Å². The average molecular weight is 372 g/mol. The molecule has 1 N–H and O–H groups in total. The lowest BCUT2D eigenvalue weighted by Gasteiger charge is -2.19. The molecule has 1 aliphatic rings. The fourth-order valence-corrected chi connectivity index (χ4v) is 1.69. The Morgan fingerprint density at radius 1 is 1.00 bits per heavy atom. The number of carbonyl (C=O) groups is 3. The first kappa shape index (κ1) is 21.9. The molecule has 0 aromatic rings. The molecular formula is C10H14Cl4O6. The second-order valence-electron chi connectivity index (χ2n) is 3.36. The second kappa shape index (κ2) is 15.0. The van der Waals surface area contributed by atoms with Gasteiger partial charge in [-0.1, -0.05) is 18.0 Å². The summed E-state index contributed by atoms with van der Waals surface area (Å²) in [7, 11) is 0. The minimum Gasteiger partial charge on any atom is -0.469 e. The maximum atomic E-state index is 10.3. The van der Waals surface area contributed by atoms with Crippen LogP contribution in [0.3, 0.4) is 0 Å². The van der Waals surface area contributed by atoms with Gasteiger partial charge in [0.2, 0.25) is 0 Å². The third-order valence-electron chi connectivity index (χ3n) is 1.98. The highest BCUT2D eigenvalue weighted by molar-refractivity contribution is 6.61. The molecule has 0 heterocycles. The van der Waals surface area contributed by atoms with Gasteiger partial charge in [-0.2, -0.15) is 0 Å². The molecule has 1 saturated carbocycles. The van der Waals surface area contributed by atoms with Crippen molar-refractivity contribution in [1.82, 2.24) is 0 Å². The Morgan fingerprint density at radius 3 is 1.70 bits per heavy atom. The van der Waals surface area contributed by atoms with E-state index >= 15 is 0 Å². The predicted molar refractivity (Wildman–Crippen MR) is 76.1 cm³/mol. The molecule has 1 rings (SSSR count). The fourth-order valence-electron chi connectivity index (χ4n) is 1.36. The maximum absolute atomic E-state index is 10.3. The summed E-state index contributed by atoms with van der Waals surface area (Å²) in [4.78, 5) is 28.5. The van der Waals surface area contributed by atoms with Gasteiger partial charge in [0, 0.05) is 34.8 Å². The largest absolute Gasteiger partial charge is 0.469 e. The molecule has 0 aliphatic heterocycles. The number of ether oxygens (including phenoxy) is 2. The van der Waals surface area contributed by atoms with Crippen molar-refractivity contribution in [3.63, 3.8) is 0 Å². The fraction of sp³-hybridized carbons (Fsp3) is 0.700. The van der Waals surface area contributed by atoms with Crippen molar-refractivity contribution in [3.8, 4) is 0 Å². The van der Waals surface area contributed by atoms with E-state index in [0.717, 1.165) is 25.7 Å². The van der Waals surface area contributed by atoms with Crippen LogP contribution in [0.25, 0.3) is 0 Å². The van der Waals surface area contributed by atoms with Gasteiger partial charge in [0.05, 0.1) is 0 Å². The van der Waals surface area contributed by atoms with Crippen LogP contribution in [0.5, 0.6) is 0 Å². The van der Waals surface area contributed by atoms with Gasteiger partial charge in [-0.25, -0.2) is 14.4 Å². The van der Waals surface area contributed by atoms with Crippen molar-refractivity contribution in [2.75, 3.05) is 6.07 Å². The van der Waals surface area contributed by atoms with E-state index in [0.29, 0.717) is 0 Å². The molecule has 0 atom stereocenters. The molecule has 0 spiro atoms. The molecule has 0 radical (unpaired) electrons. The molecule has 0 saturated heterocycles. The molecule has 0 unspecified atom stereocenters. The highest BCUT2D eigenvalue weighted by Crippen LogP contribution is 2.20. The van der Waals surface area contributed by atoms with E-state index in [1.807, 2.05) is 0 Å². The summed E-state index contributed by atoms with van der Waals surface area (Å²) in [6.07, 6.45) is 5.65. The summed E-state index contributed by atoms with van der Waals surface area (Å²) < 4.78 is 8.75. The van der Waals surface area contributed by atoms with Gasteiger partial charge >= 0.3 is 16.3 Å². The van der Waals surface area contributed by atoms with E-state index in [4.69, 9.17) is 37.8 Å². The van der Waals surface area contributed by atoms with Crippen molar-refractivity contribution in [3.05, 3.63) is 0 Å². The topological polar surface area (TPSA) is 89.9 Å². The van der Waals surface area contributed by atoms with Crippen LogP contribution in [0.4, 0.5) is 14.4 Å². The molecule has 20 heavy (non-hydrogen) atoms. The van der Waals surface area contributed by atoms with Crippen LogP contribution in [0, 0.1) is 0 Å². The van der Waals surface area contributed by atoms with Crippen molar-refractivity contribution in [2.24, 2.45) is 0 Å². The third kappa shape index (κ3) is 22.7. The lowest BCUT2D eigenvalue weighted by atomic mass is 9.98. The highest BCUT2D eigenvalue weighted by Gasteiger charge is 2.15. The van der Waals surface area contributed by atoms with Gasteiger partial charge < -0.3 is 14.6 Å². The van der Waals surface area contributed by atoms with Crippen molar-refractivity contribution < 1.29 is 29.0 Å². The van der Waals surface area contributed by atoms with Crippen LogP contribution in [-0.4, -0.2) is 33.6 Å². The van der Waals surface area contributed by atoms with Crippen LogP contribution < -0.4 is 0 Å². The summed E-state index contributed by atoms with van der Waals surface area (Å²) in [5.74, 6) is 0. The maximum Gasteiger partial charge on any atom is 0.404 e. The summed E-state index contributed by atoms with van der Waals surface area (Å²) in [6.45, 7) is 0. The molecule has 10 heteroatoms. The van der Waals surface area contributed by atoms with E-state index in [2.05, 4.69) is 27.9 Å². The van der Waals surface area contributed by atoms with Crippen LogP contribution in [-0.2, 0) is 9.47 Å². The number of carbonyl (C=O) groups excluding carboxylic acids is 2. The zero-order chi connectivity index (χ0) is 16.0. The van der Waals surface area contributed by atoms with E-state index in [1.54, 1.807) is 0 Å². The Kier molecular flexibility index (Phi) is 16.4. The summed E-state index contributed by atoms with van der Waals surface area (Å²) >= 11 is 18.7. The Balaban J connectivity index is 0. The quantitative estimate of drug-likeness (QED) is 0.532. The minimum absolute atomic E-state index is 0.0961. The second-order valence-corrected chi connectivity index (χ2v) is 4.52. The SMILES string of the molecule is O=C(Cl)OC1CCCCC1.O=C(Cl)OCCl.O=C(O)Cl. The molecule has 6 nitrogen and oxygen atoms in total. The average Bonchev–Trinajstić information content (AvgIpc) is 2.29. The number of alkyl halides is 1. The van der Waals surface area contributed by atoms with E-state index in [9.17, 15) is 9.59 Å². The minimum atomic E-state index is -1.36. The molecule has 118 valence electrons. The van der Waals surface area contributed by atoms with Crippen LogP contribution in [0.2, 0.25) is 0 Å². The Bertz CT molecular complexity index is 289. The normalized spacial score (nSPS) is 13.8. The number of carboxylic acid groups (broad SMARTS) is 1. The molecule has 1 fully saturated rings. The van der Waals surface area contributed by atoms with Gasteiger partial charge in [0.25, 0.3) is 0 Å². The molecule has 0 aromatic carbocycles. The number of rotatable bonds is 2. The number of hydrogen-bond donors (Lipinski definition) is 1. The third-order valence-corrected chi connectivity index (χ3v) is 2.29. The van der Waals surface area contributed by atoms with Gasteiger partial charge in [0.1, 0.15) is 6.10 Å². The van der Waals surface area contributed by atoms with Crippen molar-refractivity contribution in [1.29, 1.82) is 0 Å². The molecule has 0 aromatic heterocycles. The van der Waals surface area contributed by atoms with Crippen LogP contribution in [0.1, 0.15) is 32.1 Å². The van der Waals surface area contributed by atoms with Gasteiger partial charge in [0.15, 0.2) is 6.07 Å². The Labute approximate surface area is 136 Å². The first-order valence-electron chi connectivity index (χ1n) is 5.42. The molecular weight excluding hydrogens is 358 g/mol. The highest BCUT2D eigenvalue weighted by atomic mass is 35.5. The number of halogens is 4. The van der Waals surface area contributed by atoms with Crippen molar-refractivity contribution in [2.45, 2.75) is 38.2 Å². The van der Waals surface area contributed by atoms with Gasteiger partial charge in [-0.3, -0.25) is 0 Å². The summed E-state index contributed by atoms with van der Waals surface area (Å²) in [5, 5.41) is 7.18.